The van der Waals surface area contributed by atoms with Crippen LogP contribution in [0.3, 0.4) is 0 Å². The summed E-state index contributed by atoms with van der Waals surface area (Å²) in [5, 5.41) is 9.49. The summed E-state index contributed by atoms with van der Waals surface area (Å²) in [7, 11) is 3.25. The molecule has 0 aliphatic carbocycles. The van der Waals surface area contributed by atoms with Crippen molar-refractivity contribution in [2.24, 2.45) is 0 Å². The summed E-state index contributed by atoms with van der Waals surface area (Å²) < 4.78 is 43.4. The van der Waals surface area contributed by atoms with E-state index in [1.165, 1.54) is 18.1 Å². The summed E-state index contributed by atoms with van der Waals surface area (Å²) in [6.07, 6.45) is -4.14. The minimum atomic E-state index is -4.47. The van der Waals surface area contributed by atoms with Crippen molar-refractivity contribution in [3.05, 3.63) is 29.3 Å². The first-order chi connectivity index (χ1) is 11.2. The van der Waals surface area contributed by atoms with E-state index in [0.717, 1.165) is 25.2 Å². The van der Waals surface area contributed by atoms with Crippen LogP contribution >= 0.6 is 0 Å². The molecule has 1 aromatic rings. The molecule has 0 aromatic heterocycles. The molecule has 2 rings (SSSR count). The van der Waals surface area contributed by atoms with Crippen LogP contribution in [0.25, 0.3) is 0 Å². The van der Waals surface area contributed by atoms with Crippen molar-refractivity contribution < 1.29 is 27.8 Å². The zero-order valence-electron chi connectivity index (χ0n) is 13.6. The molecule has 1 saturated heterocycles. The summed E-state index contributed by atoms with van der Waals surface area (Å²) in [6.45, 7) is 1.59. The maximum Gasteiger partial charge on any atom is 0.416 e. The highest BCUT2D eigenvalue weighted by Crippen LogP contribution is 2.34. The molecule has 0 radical (unpaired) electrons. The summed E-state index contributed by atoms with van der Waals surface area (Å²) in [5.74, 6) is 0.0454. The van der Waals surface area contributed by atoms with Crippen molar-refractivity contribution >= 4 is 6.09 Å². The number of amides is 1. The van der Waals surface area contributed by atoms with E-state index in [1.54, 1.807) is 0 Å². The van der Waals surface area contributed by atoms with Gasteiger partial charge in [0.1, 0.15) is 5.75 Å². The molecule has 1 N–H and O–H groups in total. The number of halogens is 3. The second-order valence-corrected chi connectivity index (χ2v) is 5.97. The van der Waals surface area contributed by atoms with Crippen molar-refractivity contribution in [1.29, 1.82) is 0 Å². The largest absolute Gasteiger partial charge is 0.496 e. The average molecular weight is 346 g/mol. The Bertz CT molecular complexity index is 584. The number of hydrogen-bond acceptors (Lipinski definition) is 3. The minimum absolute atomic E-state index is 0.00498. The van der Waals surface area contributed by atoms with Gasteiger partial charge in [-0.05, 0) is 45.1 Å². The van der Waals surface area contributed by atoms with Gasteiger partial charge in [0.25, 0.3) is 0 Å². The molecule has 1 aliphatic rings. The van der Waals surface area contributed by atoms with Gasteiger partial charge < -0.3 is 19.6 Å². The Morgan fingerprint density at radius 2 is 2.00 bits per heavy atom. The molecule has 1 amide bonds. The number of carbonyl (C=O) groups is 1. The lowest BCUT2D eigenvalue weighted by Crippen LogP contribution is -2.45. The molecule has 8 heteroatoms. The molecule has 0 unspecified atom stereocenters. The Morgan fingerprint density at radius 1 is 1.38 bits per heavy atom. The van der Waals surface area contributed by atoms with Gasteiger partial charge in [-0.1, -0.05) is 6.07 Å². The number of alkyl halides is 3. The van der Waals surface area contributed by atoms with Crippen LogP contribution in [0.2, 0.25) is 0 Å². The van der Waals surface area contributed by atoms with Crippen molar-refractivity contribution in [1.82, 2.24) is 9.80 Å². The van der Waals surface area contributed by atoms with Gasteiger partial charge in [0, 0.05) is 11.6 Å². The van der Waals surface area contributed by atoms with Crippen molar-refractivity contribution in [2.75, 3.05) is 27.2 Å². The number of nitrogens with zero attached hydrogens (tertiary/aromatic N) is 2. The predicted molar refractivity (Wildman–Crippen MR) is 82.1 cm³/mol. The van der Waals surface area contributed by atoms with Gasteiger partial charge in [-0.15, -0.1) is 0 Å². The van der Waals surface area contributed by atoms with Crippen LogP contribution in [-0.2, 0) is 12.7 Å². The van der Waals surface area contributed by atoms with Gasteiger partial charge in [0.05, 0.1) is 19.2 Å². The highest BCUT2D eigenvalue weighted by atomic mass is 19.4. The summed E-state index contributed by atoms with van der Waals surface area (Å²) >= 11 is 0. The number of rotatable bonds is 4. The average Bonchev–Trinajstić information content (AvgIpc) is 2.52. The zero-order chi connectivity index (χ0) is 17.9. The van der Waals surface area contributed by atoms with Crippen LogP contribution < -0.4 is 4.74 Å². The van der Waals surface area contributed by atoms with Gasteiger partial charge in [0.2, 0.25) is 0 Å². The second-order valence-electron chi connectivity index (χ2n) is 5.97. The topological polar surface area (TPSA) is 53.0 Å². The Labute approximate surface area is 138 Å². The maximum absolute atomic E-state index is 12.8. The molecule has 134 valence electrons. The van der Waals surface area contributed by atoms with Gasteiger partial charge in [-0.3, -0.25) is 0 Å². The molecular weight excluding hydrogens is 325 g/mol. The summed E-state index contributed by atoms with van der Waals surface area (Å²) in [5.41, 5.74) is -0.393. The van der Waals surface area contributed by atoms with E-state index in [-0.39, 0.29) is 18.3 Å². The van der Waals surface area contributed by atoms with Gasteiger partial charge in [0.15, 0.2) is 0 Å². The number of methoxy groups -OCH3 is 1. The summed E-state index contributed by atoms with van der Waals surface area (Å²) in [4.78, 5) is 15.0. The lowest BCUT2D eigenvalue weighted by Gasteiger charge is -2.36. The number of ether oxygens (including phenoxy) is 1. The lowest BCUT2D eigenvalue weighted by molar-refractivity contribution is -0.137. The Kier molecular flexibility index (Phi) is 5.58. The number of hydrogen-bond donors (Lipinski definition) is 1. The molecule has 0 bridgehead atoms. The van der Waals surface area contributed by atoms with Crippen LogP contribution in [0.1, 0.15) is 24.0 Å². The van der Waals surface area contributed by atoms with Crippen LogP contribution in [-0.4, -0.2) is 54.3 Å². The molecule has 1 aliphatic heterocycles. The van der Waals surface area contributed by atoms with E-state index in [4.69, 9.17) is 4.74 Å². The number of likely N-dealkylation sites (tertiary alicyclic amines) is 1. The molecule has 1 fully saturated rings. The van der Waals surface area contributed by atoms with Crippen LogP contribution in [0, 0.1) is 0 Å². The van der Waals surface area contributed by atoms with Crippen molar-refractivity contribution in [3.63, 3.8) is 0 Å². The first-order valence-corrected chi connectivity index (χ1v) is 7.64. The zero-order valence-corrected chi connectivity index (χ0v) is 13.6. The normalized spacial score (nSPS) is 16.9. The van der Waals surface area contributed by atoms with Crippen molar-refractivity contribution in [3.8, 4) is 5.75 Å². The minimum Gasteiger partial charge on any atom is -0.496 e. The van der Waals surface area contributed by atoms with Crippen LogP contribution in [0.15, 0.2) is 18.2 Å². The molecule has 0 saturated carbocycles. The Balaban J connectivity index is 2.21. The second kappa shape index (κ2) is 7.29. The van der Waals surface area contributed by atoms with E-state index < -0.39 is 17.8 Å². The molecule has 1 heterocycles. The quantitative estimate of drug-likeness (QED) is 0.909. The molecule has 1 aromatic carbocycles. The third kappa shape index (κ3) is 4.31. The maximum atomic E-state index is 12.8. The standard InChI is InChI=1S/C16H21F3N2O3/c1-20-7-5-13(6-8-20)21(15(22)23)10-11-3-4-12(16(17,18)19)9-14(11)24-2/h3-4,9,13H,5-8,10H2,1-2H3,(H,22,23). The molecule has 0 spiro atoms. The third-order valence-electron chi connectivity index (χ3n) is 4.33. The molecular formula is C16H21F3N2O3. The molecule has 5 nitrogen and oxygen atoms in total. The SMILES string of the molecule is COc1cc(C(F)(F)F)ccc1CN(C(=O)O)C1CCN(C)CC1. The fourth-order valence-electron chi connectivity index (χ4n) is 2.89. The first kappa shape index (κ1) is 18.4. The first-order valence-electron chi connectivity index (χ1n) is 7.64. The highest BCUT2D eigenvalue weighted by molar-refractivity contribution is 5.65. The van der Waals surface area contributed by atoms with Gasteiger partial charge in [-0.2, -0.15) is 13.2 Å². The third-order valence-corrected chi connectivity index (χ3v) is 4.33. The molecule has 0 atom stereocenters. The predicted octanol–water partition coefficient (Wildman–Crippen LogP) is 3.29. The number of piperidine rings is 1. The van der Waals surface area contributed by atoms with Crippen LogP contribution in [0.4, 0.5) is 18.0 Å². The molecule has 24 heavy (non-hydrogen) atoms. The van der Waals surface area contributed by atoms with Gasteiger partial charge >= 0.3 is 12.3 Å². The van der Waals surface area contributed by atoms with E-state index in [9.17, 15) is 23.1 Å². The van der Waals surface area contributed by atoms with Crippen molar-refractivity contribution in [2.45, 2.75) is 31.6 Å². The van der Waals surface area contributed by atoms with E-state index in [0.29, 0.717) is 18.4 Å². The summed E-state index contributed by atoms with van der Waals surface area (Å²) in [6, 6.07) is 2.99. The van der Waals surface area contributed by atoms with E-state index in [1.807, 2.05) is 7.05 Å². The lowest BCUT2D eigenvalue weighted by atomic mass is 10.0. The Morgan fingerprint density at radius 3 is 2.50 bits per heavy atom. The van der Waals surface area contributed by atoms with E-state index >= 15 is 0 Å². The highest BCUT2D eigenvalue weighted by Gasteiger charge is 2.32. The van der Waals surface area contributed by atoms with Crippen LogP contribution in [0.5, 0.6) is 5.75 Å². The monoisotopic (exact) mass is 346 g/mol. The smallest absolute Gasteiger partial charge is 0.416 e. The fourth-order valence-corrected chi connectivity index (χ4v) is 2.89. The van der Waals surface area contributed by atoms with E-state index in [2.05, 4.69) is 4.90 Å². The number of carboxylic acid groups (broad SMARTS) is 1. The number of benzene rings is 1. The fraction of sp³-hybridized carbons (Fsp3) is 0.562. The Hall–Kier alpha value is -1.96. The van der Waals surface area contributed by atoms with Gasteiger partial charge in [-0.25, -0.2) is 4.79 Å².